The molecule has 3 aromatic rings. The van der Waals surface area contributed by atoms with Crippen molar-refractivity contribution >= 4 is 23.1 Å². The van der Waals surface area contributed by atoms with Crippen LogP contribution in [-0.2, 0) is 9.47 Å². The highest BCUT2D eigenvalue weighted by molar-refractivity contribution is 5.82. The van der Waals surface area contributed by atoms with E-state index >= 15 is 0 Å². The second kappa shape index (κ2) is 9.26. The highest BCUT2D eigenvalue weighted by Gasteiger charge is 2.48. The van der Waals surface area contributed by atoms with Gasteiger partial charge in [-0.15, -0.1) is 0 Å². The van der Waals surface area contributed by atoms with Gasteiger partial charge in [0.15, 0.2) is 35.1 Å². The SMILES string of the molecule is CCOC(=O)N1CCC(Nc2ncnc3c2ncn3[C@@H]2O[C@H](c3nc(C4CC4)no3)[C@@H](O)[C@H]2O)CC1. The molecule has 192 valence electrons. The Morgan fingerprint density at radius 3 is 2.72 bits per heavy atom. The molecule has 3 fully saturated rings. The predicted octanol–water partition coefficient (Wildman–Crippen LogP) is 1.11. The van der Waals surface area contributed by atoms with Crippen molar-refractivity contribution in [3.8, 4) is 0 Å². The van der Waals surface area contributed by atoms with Crippen molar-refractivity contribution in [2.24, 2.45) is 0 Å². The van der Waals surface area contributed by atoms with Gasteiger partial charge in [-0.25, -0.2) is 19.7 Å². The number of carbonyl (C=O) groups is 1. The van der Waals surface area contributed by atoms with E-state index in [4.69, 9.17) is 14.0 Å². The second-order valence-corrected chi connectivity index (χ2v) is 9.34. The third-order valence-corrected chi connectivity index (χ3v) is 6.88. The number of imidazole rings is 1. The highest BCUT2D eigenvalue weighted by atomic mass is 16.6. The molecule has 2 aliphatic heterocycles. The number of aliphatic hydroxyl groups excluding tert-OH is 2. The van der Waals surface area contributed by atoms with Crippen LogP contribution in [0.4, 0.5) is 10.6 Å². The minimum absolute atomic E-state index is 0.0941. The molecule has 2 saturated heterocycles. The van der Waals surface area contributed by atoms with Crippen molar-refractivity contribution in [3.63, 3.8) is 0 Å². The third-order valence-electron chi connectivity index (χ3n) is 6.88. The predicted molar refractivity (Wildman–Crippen MR) is 122 cm³/mol. The lowest BCUT2D eigenvalue weighted by Crippen LogP contribution is -2.42. The van der Waals surface area contributed by atoms with Crippen LogP contribution < -0.4 is 5.32 Å². The van der Waals surface area contributed by atoms with Gasteiger partial charge in [0.25, 0.3) is 5.89 Å². The molecule has 1 amide bonds. The van der Waals surface area contributed by atoms with Crippen molar-refractivity contribution in [3.05, 3.63) is 24.4 Å². The molecule has 0 bridgehead atoms. The fourth-order valence-corrected chi connectivity index (χ4v) is 4.72. The Labute approximate surface area is 205 Å². The van der Waals surface area contributed by atoms with Gasteiger partial charge in [0, 0.05) is 25.0 Å². The summed E-state index contributed by atoms with van der Waals surface area (Å²) in [6.07, 6.45) is 1.66. The lowest BCUT2D eigenvalue weighted by atomic mass is 10.1. The molecule has 14 nitrogen and oxygen atoms in total. The zero-order valence-electron chi connectivity index (χ0n) is 19.7. The average molecular weight is 501 g/mol. The van der Waals surface area contributed by atoms with E-state index < -0.39 is 24.5 Å². The molecule has 5 heterocycles. The number of hydrogen-bond donors (Lipinski definition) is 3. The standard InChI is InChI=1S/C22H28N8O6/c1-2-34-22(33)29-7-5-12(6-8-29)26-18-13-19(24-9-23-18)30(10-25-13)21-15(32)14(31)16(35-21)20-27-17(28-36-20)11-3-4-11/h9-12,14-16,21,31-32H,2-8H2,1H3,(H,23,24,26)/t14-,15+,16-,21+/m0/s1. The Hall–Kier alpha value is -3.36. The van der Waals surface area contributed by atoms with Crippen LogP contribution >= 0.6 is 0 Å². The monoisotopic (exact) mass is 500 g/mol. The van der Waals surface area contributed by atoms with Gasteiger partial charge in [0.1, 0.15) is 18.5 Å². The Balaban J connectivity index is 1.17. The number of likely N-dealkylation sites (tertiary alicyclic amines) is 1. The first-order chi connectivity index (χ1) is 17.5. The van der Waals surface area contributed by atoms with Crippen molar-refractivity contribution in [2.45, 2.75) is 69.1 Å². The van der Waals surface area contributed by atoms with Gasteiger partial charge >= 0.3 is 6.09 Å². The maximum Gasteiger partial charge on any atom is 0.409 e. The maximum absolute atomic E-state index is 12.0. The summed E-state index contributed by atoms with van der Waals surface area (Å²) in [4.78, 5) is 31.2. The first-order valence-corrected chi connectivity index (χ1v) is 12.2. The lowest BCUT2D eigenvalue weighted by Gasteiger charge is -2.31. The van der Waals surface area contributed by atoms with Crippen LogP contribution in [0.2, 0.25) is 0 Å². The number of amides is 1. The maximum atomic E-state index is 12.0. The van der Waals surface area contributed by atoms with Gasteiger partial charge in [0.05, 0.1) is 12.9 Å². The molecule has 36 heavy (non-hydrogen) atoms. The molecule has 0 spiro atoms. The fraction of sp³-hybridized carbons (Fsp3) is 0.636. The molecule has 1 aliphatic carbocycles. The number of carbonyl (C=O) groups excluding carboxylic acids is 1. The van der Waals surface area contributed by atoms with Crippen LogP contribution in [-0.4, -0.2) is 88.8 Å². The molecule has 0 aromatic carbocycles. The molecular weight excluding hydrogens is 472 g/mol. The normalized spacial score (nSPS) is 27.0. The number of piperidine rings is 1. The Bertz CT molecular complexity index is 1240. The minimum atomic E-state index is -1.26. The summed E-state index contributed by atoms with van der Waals surface area (Å²) in [6.45, 7) is 3.31. The van der Waals surface area contributed by atoms with E-state index in [1.165, 1.54) is 12.7 Å². The molecular formula is C22H28N8O6. The fourth-order valence-electron chi connectivity index (χ4n) is 4.72. The number of ether oxygens (including phenoxy) is 2. The number of anilines is 1. The van der Waals surface area contributed by atoms with Gasteiger partial charge in [-0.05, 0) is 32.6 Å². The second-order valence-electron chi connectivity index (χ2n) is 9.34. The van der Waals surface area contributed by atoms with Crippen LogP contribution in [0.3, 0.4) is 0 Å². The number of rotatable bonds is 6. The molecule has 3 aromatic heterocycles. The summed E-state index contributed by atoms with van der Waals surface area (Å²) >= 11 is 0. The van der Waals surface area contributed by atoms with Gasteiger partial charge in [-0.3, -0.25) is 4.57 Å². The highest BCUT2D eigenvalue weighted by Crippen LogP contribution is 2.42. The molecule has 4 atom stereocenters. The summed E-state index contributed by atoms with van der Waals surface area (Å²) in [6, 6.07) is 0.0941. The topological polar surface area (TPSA) is 174 Å². The average Bonchev–Trinajstić information content (AvgIpc) is 3.34. The van der Waals surface area contributed by atoms with Gasteiger partial charge in [-0.2, -0.15) is 4.98 Å². The Morgan fingerprint density at radius 2 is 1.97 bits per heavy atom. The van der Waals surface area contributed by atoms with Crippen molar-refractivity contribution < 1.29 is 29.0 Å². The summed E-state index contributed by atoms with van der Waals surface area (Å²) in [7, 11) is 0. The van der Waals surface area contributed by atoms with E-state index in [1.54, 1.807) is 16.4 Å². The van der Waals surface area contributed by atoms with Crippen molar-refractivity contribution in [1.82, 2.24) is 34.6 Å². The quantitative estimate of drug-likeness (QED) is 0.440. The summed E-state index contributed by atoms with van der Waals surface area (Å²) < 4.78 is 17.9. The molecule has 3 N–H and O–H groups in total. The van der Waals surface area contributed by atoms with E-state index in [9.17, 15) is 15.0 Å². The van der Waals surface area contributed by atoms with Crippen LogP contribution in [0.1, 0.15) is 62.6 Å². The number of nitrogens with zero attached hydrogens (tertiary/aromatic N) is 7. The summed E-state index contributed by atoms with van der Waals surface area (Å²) in [5.74, 6) is 1.58. The smallest absolute Gasteiger partial charge is 0.409 e. The summed E-state index contributed by atoms with van der Waals surface area (Å²) in [5, 5.41) is 28.8. The molecule has 0 radical (unpaired) electrons. The number of fused-ring (bicyclic) bond motifs is 1. The van der Waals surface area contributed by atoms with Crippen LogP contribution in [0.5, 0.6) is 0 Å². The van der Waals surface area contributed by atoms with Crippen molar-refractivity contribution in [1.29, 1.82) is 0 Å². The van der Waals surface area contributed by atoms with E-state index in [0.29, 0.717) is 48.4 Å². The lowest BCUT2D eigenvalue weighted by molar-refractivity contribution is -0.0451. The largest absolute Gasteiger partial charge is 0.450 e. The first-order valence-electron chi connectivity index (χ1n) is 12.2. The molecule has 6 rings (SSSR count). The molecule has 14 heteroatoms. The summed E-state index contributed by atoms with van der Waals surface area (Å²) in [5.41, 5.74) is 0.949. The molecule has 1 saturated carbocycles. The van der Waals surface area contributed by atoms with Gasteiger partial charge in [-0.1, -0.05) is 5.16 Å². The third kappa shape index (κ3) is 4.14. The van der Waals surface area contributed by atoms with Gasteiger partial charge < -0.3 is 34.4 Å². The van der Waals surface area contributed by atoms with Gasteiger partial charge in [0.2, 0.25) is 0 Å². The first kappa shape index (κ1) is 23.1. The zero-order valence-corrected chi connectivity index (χ0v) is 19.7. The number of aromatic nitrogens is 6. The molecule has 3 aliphatic rings. The van der Waals surface area contributed by atoms with Crippen LogP contribution in [0.15, 0.2) is 17.2 Å². The Morgan fingerprint density at radius 1 is 1.17 bits per heavy atom. The van der Waals surface area contributed by atoms with E-state index in [-0.39, 0.29) is 18.0 Å². The van der Waals surface area contributed by atoms with E-state index in [1.807, 2.05) is 0 Å². The zero-order chi connectivity index (χ0) is 24.8. The van der Waals surface area contributed by atoms with Crippen LogP contribution in [0.25, 0.3) is 11.2 Å². The number of hydrogen-bond acceptors (Lipinski definition) is 12. The van der Waals surface area contributed by atoms with E-state index in [0.717, 1.165) is 25.7 Å². The number of aliphatic hydroxyl groups is 2. The van der Waals surface area contributed by atoms with Crippen LogP contribution in [0, 0.1) is 0 Å². The van der Waals surface area contributed by atoms with E-state index in [2.05, 4.69) is 30.4 Å². The Kier molecular flexibility index (Phi) is 5.93. The minimum Gasteiger partial charge on any atom is -0.450 e. The van der Waals surface area contributed by atoms with Crippen molar-refractivity contribution in [2.75, 3.05) is 25.0 Å². The molecule has 0 unspecified atom stereocenters. The number of nitrogens with one attached hydrogen (secondary N) is 1.